The van der Waals surface area contributed by atoms with Crippen molar-refractivity contribution in [2.24, 2.45) is 0 Å². The molecule has 0 radical (unpaired) electrons. The van der Waals surface area contributed by atoms with Gasteiger partial charge in [-0.2, -0.15) is 5.26 Å². The molecule has 0 spiro atoms. The van der Waals surface area contributed by atoms with Gasteiger partial charge in [-0.25, -0.2) is 0 Å². The van der Waals surface area contributed by atoms with Gasteiger partial charge >= 0.3 is 0 Å². The Morgan fingerprint density at radius 3 is 2.68 bits per heavy atom. The Bertz CT molecular complexity index is 448. The molecule has 0 aliphatic carbocycles. The minimum absolute atomic E-state index is 0.584. The van der Waals surface area contributed by atoms with E-state index >= 15 is 0 Å². The number of hydrogen-bond acceptors (Lipinski definition) is 4. The van der Waals surface area contributed by atoms with Crippen LogP contribution in [0, 0.1) is 11.3 Å². The molecule has 1 saturated heterocycles. The molecule has 0 aromatic heterocycles. The van der Waals surface area contributed by atoms with Crippen molar-refractivity contribution in [2.45, 2.75) is 19.3 Å². The summed E-state index contributed by atoms with van der Waals surface area (Å²) in [5.74, 6) is 1.33. The third kappa shape index (κ3) is 3.87. The maximum Gasteiger partial charge on any atom is 0.162 e. The number of hydrogen-bond donors (Lipinski definition) is 0. The highest BCUT2D eigenvalue weighted by Gasteiger charge is 2.10. The average molecular weight is 260 g/mol. The van der Waals surface area contributed by atoms with Gasteiger partial charge in [-0.05, 0) is 38.1 Å². The van der Waals surface area contributed by atoms with E-state index in [4.69, 9.17) is 14.7 Å². The highest BCUT2D eigenvalue weighted by molar-refractivity contribution is 5.46. The number of ether oxygens (including phenoxy) is 2. The van der Waals surface area contributed by atoms with Crippen molar-refractivity contribution in [3.05, 3.63) is 23.8 Å². The first-order valence-electron chi connectivity index (χ1n) is 6.77. The summed E-state index contributed by atoms with van der Waals surface area (Å²) in [5, 5.41) is 8.84. The van der Waals surface area contributed by atoms with Crippen LogP contribution >= 0.6 is 0 Å². The van der Waals surface area contributed by atoms with E-state index in [1.807, 2.05) is 0 Å². The number of methoxy groups -OCH3 is 1. The molecule has 1 aromatic carbocycles. The van der Waals surface area contributed by atoms with Gasteiger partial charge in [0.15, 0.2) is 11.5 Å². The van der Waals surface area contributed by atoms with E-state index in [0.29, 0.717) is 23.7 Å². The zero-order chi connectivity index (χ0) is 13.5. The first-order chi connectivity index (χ1) is 9.33. The second kappa shape index (κ2) is 7.01. The Labute approximate surface area is 114 Å². The Morgan fingerprint density at radius 1 is 1.21 bits per heavy atom. The number of piperidine rings is 1. The van der Waals surface area contributed by atoms with Crippen LogP contribution in [0.2, 0.25) is 0 Å². The van der Waals surface area contributed by atoms with Gasteiger partial charge in [-0.1, -0.05) is 6.42 Å². The van der Waals surface area contributed by atoms with Crippen molar-refractivity contribution in [1.29, 1.82) is 5.26 Å². The molecule has 0 amide bonds. The highest BCUT2D eigenvalue weighted by atomic mass is 16.5. The third-order valence-corrected chi connectivity index (χ3v) is 3.41. The predicted molar refractivity (Wildman–Crippen MR) is 73.5 cm³/mol. The van der Waals surface area contributed by atoms with E-state index < -0.39 is 0 Å². The van der Waals surface area contributed by atoms with Crippen LogP contribution in [0.25, 0.3) is 0 Å². The molecule has 0 N–H and O–H groups in total. The van der Waals surface area contributed by atoms with Crippen LogP contribution in [0.1, 0.15) is 24.8 Å². The summed E-state index contributed by atoms with van der Waals surface area (Å²) in [6.45, 7) is 3.95. The normalized spacial score (nSPS) is 15.8. The Balaban J connectivity index is 1.86. The molecule has 2 rings (SSSR count). The molecule has 1 aliphatic rings. The molecular formula is C15H20N2O2. The topological polar surface area (TPSA) is 45.5 Å². The number of rotatable bonds is 5. The highest BCUT2D eigenvalue weighted by Crippen LogP contribution is 2.27. The van der Waals surface area contributed by atoms with Gasteiger partial charge in [-0.3, -0.25) is 4.90 Å². The zero-order valence-corrected chi connectivity index (χ0v) is 11.4. The molecule has 0 atom stereocenters. The fourth-order valence-corrected chi connectivity index (χ4v) is 2.32. The van der Waals surface area contributed by atoms with Gasteiger partial charge in [0.1, 0.15) is 6.61 Å². The van der Waals surface area contributed by atoms with Crippen LogP contribution in [-0.2, 0) is 0 Å². The fourth-order valence-electron chi connectivity index (χ4n) is 2.32. The summed E-state index contributed by atoms with van der Waals surface area (Å²) in [7, 11) is 1.59. The quantitative estimate of drug-likeness (QED) is 0.815. The monoisotopic (exact) mass is 260 g/mol. The minimum Gasteiger partial charge on any atom is -0.493 e. The third-order valence-electron chi connectivity index (χ3n) is 3.41. The summed E-state index contributed by atoms with van der Waals surface area (Å²) in [5.41, 5.74) is 0.584. The van der Waals surface area contributed by atoms with Crippen molar-refractivity contribution in [1.82, 2.24) is 4.90 Å². The Hall–Kier alpha value is -1.73. The van der Waals surface area contributed by atoms with E-state index in [0.717, 1.165) is 6.54 Å². The molecule has 1 heterocycles. The van der Waals surface area contributed by atoms with Gasteiger partial charge in [0.2, 0.25) is 0 Å². The van der Waals surface area contributed by atoms with Crippen molar-refractivity contribution >= 4 is 0 Å². The second-order valence-electron chi connectivity index (χ2n) is 4.73. The van der Waals surface area contributed by atoms with Crippen LogP contribution in [0.15, 0.2) is 18.2 Å². The largest absolute Gasteiger partial charge is 0.493 e. The molecule has 4 nitrogen and oxygen atoms in total. The Morgan fingerprint density at radius 2 is 2.00 bits per heavy atom. The van der Waals surface area contributed by atoms with Gasteiger partial charge in [0.05, 0.1) is 18.7 Å². The number of likely N-dealkylation sites (tertiary alicyclic amines) is 1. The number of nitriles is 1. The van der Waals surface area contributed by atoms with Crippen LogP contribution in [0.3, 0.4) is 0 Å². The smallest absolute Gasteiger partial charge is 0.162 e. The minimum atomic E-state index is 0.584. The molecule has 1 fully saturated rings. The molecule has 1 aromatic rings. The van der Waals surface area contributed by atoms with Crippen molar-refractivity contribution in [2.75, 3.05) is 33.4 Å². The Kier molecular flexibility index (Phi) is 5.05. The van der Waals surface area contributed by atoms with E-state index in [9.17, 15) is 0 Å². The van der Waals surface area contributed by atoms with Gasteiger partial charge in [0, 0.05) is 12.6 Å². The molecular weight excluding hydrogens is 240 g/mol. The summed E-state index contributed by atoms with van der Waals surface area (Å²) in [6, 6.07) is 7.35. The molecule has 1 aliphatic heterocycles. The van der Waals surface area contributed by atoms with Crippen molar-refractivity contribution < 1.29 is 9.47 Å². The lowest BCUT2D eigenvalue weighted by atomic mass is 10.1. The van der Waals surface area contributed by atoms with E-state index in [1.54, 1.807) is 25.3 Å². The predicted octanol–water partition coefficient (Wildman–Crippen LogP) is 2.43. The maximum absolute atomic E-state index is 8.84. The van der Waals surface area contributed by atoms with Crippen LogP contribution < -0.4 is 9.47 Å². The number of nitrogens with zero attached hydrogens (tertiary/aromatic N) is 2. The summed E-state index contributed by atoms with van der Waals surface area (Å²) >= 11 is 0. The fraction of sp³-hybridized carbons (Fsp3) is 0.533. The van der Waals surface area contributed by atoms with E-state index in [1.165, 1.54) is 32.4 Å². The lowest BCUT2D eigenvalue weighted by molar-refractivity contribution is 0.180. The summed E-state index contributed by atoms with van der Waals surface area (Å²) in [4.78, 5) is 2.43. The summed E-state index contributed by atoms with van der Waals surface area (Å²) < 4.78 is 11.0. The standard InChI is InChI=1S/C15H20N2O2/c1-18-15-11-13(12-16)5-6-14(15)19-10-9-17-7-3-2-4-8-17/h5-6,11H,2-4,7-10H2,1H3. The van der Waals surface area contributed by atoms with Gasteiger partial charge in [0.25, 0.3) is 0 Å². The lowest BCUT2D eigenvalue weighted by Gasteiger charge is -2.26. The average Bonchev–Trinajstić information content (AvgIpc) is 2.48. The molecule has 4 heteroatoms. The maximum atomic E-state index is 8.84. The lowest BCUT2D eigenvalue weighted by Crippen LogP contribution is -2.33. The van der Waals surface area contributed by atoms with Gasteiger partial charge in [-0.15, -0.1) is 0 Å². The molecule has 0 bridgehead atoms. The first kappa shape index (κ1) is 13.7. The number of benzene rings is 1. The van der Waals surface area contributed by atoms with Crippen LogP contribution in [0.4, 0.5) is 0 Å². The van der Waals surface area contributed by atoms with Crippen molar-refractivity contribution in [3.63, 3.8) is 0 Å². The second-order valence-corrected chi connectivity index (χ2v) is 4.73. The summed E-state index contributed by atoms with van der Waals surface area (Å²) in [6.07, 6.45) is 3.93. The van der Waals surface area contributed by atoms with Crippen LogP contribution in [0.5, 0.6) is 11.5 Å². The molecule has 102 valence electrons. The van der Waals surface area contributed by atoms with Crippen LogP contribution in [-0.4, -0.2) is 38.3 Å². The molecule has 19 heavy (non-hydrogen) atoms. The van der Waals surface area contributed by atoms with E-state index in [-0.39, 0.29) is 0 Å². The zero-order valence-electron chi connectivity index (χ0n) is 11.4. The van der Waals surface area contributed by atoms with Crippen molar-refractivity contribution in [3.8, 4) is 17.6 Å². The first-order valence-corrected chi connectivity index (χ1v) is 6.77. The van der Waals surface area contributed by atoms with Gasteiger partial charge < -0.3 is 9.47 Å². The molecule has 0 saturated carbocycles. The molecule has 0 unspecified atom stereocenters. The van der Waals surface area contributed by atoms with E-state index in [2.05, 4.69) is 11.0 Å². The SMILES string of the molecule is COc1cc(C#N)ccc1OCCN1CCCCC1.